The molecule has 1 atom stereocenters. The van der Waals surface area contributed by atoms with E-state index in [1.54, 1.807) is 6.92 Å². The standard InChI is InChI=1S/C23H25N3O6/c1-2-19(22(30)25-11-20(27)24-12-21(28)29)26-23(31)32-13-18-16-9-5-3-7-14(16)15-8-4-6-10-17(15)18/h3-10,18-19H,2,11-13H2,1H3,(H,24,27)(H,25,30)(H,26,31)(H,28,29)/t19-/m1/s1. The van der Waals surface area contributed by atoms with Crippen LogP contribution in [0.4, 0.5) is 4.79 Å². The molecule has 1 aliphatic carbocycles. The number of carbonyl (C=O) groups is 4. The minimum Gasteiger partial charge on any atom is -0.480 e. The van der Waals surface area contributed by atoms with Crippen LogP contribution in [-0.2, 0) is 19.1 Å². The van der Waals surface area contributed by atoms with Crippen molar-refractivity contribution in [3.8, 4) is 11.1 Å². The highest BCUT2D eigenvalue weighted by atomic mass is 16.5. The first-order chi connectivity index (χ1) is 15.4. The summed E-state index contributed by atoms with van der Waals surface area (Å²) in [5, 5.41) is 15.6. The highest BCUT2D eigenvalue weighted by molar-refractivity contribution is 5.90. The highest BCUT2D eigenvalue weighted by Crippen LogP contribution is 2.44. The minimum atomic E-state index is -1.19. The Bertz CT molecular complexity index is 977. The number of benzene rings is 2. The van der Waals surface area contributed by atoms with Gasteiger partial charge in [-0.15, -0.1) is 0 Å². The van der Waals surface area contributed by atoms with Crippen LogP contribution >= 0.6 is 0 Å². The van der Waals surface area contributed by atoms with E-state index in [-0.39, 0.29) is 18.9 Å². The van der Waals surface area contributed by atoms with Gasteiger partial charge in [0.1, 0.15) is 19.2 Å². The van der Waals surface area contributed by atoms with E-state index >= 15 is 0 Å². The van der Waals surface area contributed by atoms with Gasteiger partial charge in [-0.3, -0.25) is 14.4 Å². The molecule has 0 radical (unpaired) electrons. The number of hydrogen-bond donors (Lipinski definition) is 4. The fourth-order valence-corrected chi connectivity index (χ4v) is 3.66. The monoisotopic (exact) mass is 439 g/mol. The van der Waals surface area contributed by atoms with Crippen LogP contribution in [0.15, 0.2) is 48.5 Å². The normalized spacial score (nSPS) is 12.8. The summed E-state index contributed by atoms with van der Waals surface area (Å²) < 4.78 is 5.44. The van der Waals surface area contributed by atoms with Gasteiger partial charge in [-0.2, -0.15) is 0 Å². The van der Waals surface area contributed by atoms with Crippen LogP contribution < -0.4 is 16.0 Å². The van der Waals surface area contributed by atoms with E-state index in [0.717, 1.165) is 22.3 Å². The van der Waals surface area contributed by atoms with E-state index in [0.29, 0.717) is 0 Å². The second-order valence-corrected chi connectivity index (χ2v) is 7.32. The van der Waals surface area contributed by atoms with Crippen molar-refractivity contribution in [3.05, 3.63) is 59.7 Å². The Morgan fingerprint density at radius 2 is 1.53 bits per heavy atom. The molecule has 0 aromatic heterocycles. The quantitative estimate of drug-likeness (QED) is 0.469. The van der Waals surface area contributed by atoms with E-state index in [1.807, 2.05) is 48.5 Å². The first kappa shape index (κ1) is 22.8. The molecular formula is C23H25N3O6. The Kier molecular flexibility index (Phi) is 7.43. The molecule has 0 unspecified atom stereocenters. The van der Waals surface area contributed by atoms with Crippen molar-refractivity contribution in [3.63, 3.8) is 0 Å². The third-order valence-corrected chi connectivity index (χ3v) is 5.22. The van der Waals surface area contributed by atoms with Gasteiger partial charge >= 0.3 is 12.1 Å². The Labute approximate surface area is 185 Å². The van der Waals surface area contributed by atoms with Gasteiger partial charge in [-0.05, 0) is 28.7 Å². The number of carboxylic acids is 1. The molecule has 0 heterocycles. The SMILES string of the molecule is CC[C@@H](NC(=O)OCC1c2ccccc2-c2ccccc21)C(=O)NCC(=O)NCC(=O)O. The Morgan fingerprint density at radius 1 is 0.938 bits per heavy atom. The fraction of sp³-hybridized carbons (Fsp3) is 0.304. The summed E-state index contributed by atoms with van der Waals surface area (Å²) in [6.45, 7) is 0.896. The fourth-order valence-electron chi connectivity index (χ4n) is 3.66. The summed E-state index contributed by atoms with van der Waals surface area (Å²) in [7, 11) is 0. The summed E-state index contributed by atoms with van der Waals surface area (Å²) in [5.41, 5.74) is 4.39. The number of rotatable bonds is 9. The lowest BCUT2D eigenvalue weighted by molar-refractivity contribution is -0.137. The Hall–Kier alpha value is -3.88. The molecule has 0 aliphatic heterocycles. The molecule has 32 heavy (non-hydrogen) atoms. The number of carboxylic acid groups (broad SMARTS) is 1. The van der Waals surface area contributed by atoms with Gasteiger partial charge in [-0.1, -0.05) is 55.5 Å². The molecule has 1 aliphatic rings. The van der Waals surface area contributed by atoms with Crippen LogP contribution in [0.1, 0.15) is 30.4 Å². The Balaban J connectivity index is 1.53. The summed E-state index contributed by atoms with van der Waals surface area (Å²) in [4.78, 5) is 46.6. The predicted molar refractivity (Wildman–Crippen MR) is 116 cm³/mol. The highest BCUT2D eigenvalue weighted by Gasteiger charge is 2.29. The molecule has 4 N–H and O–H groups in total. The number of ether oxygens (including phenoxy) is 1. The van der Waals surface area contributed by atoms with Gasteiger partial charge in [0.05, 0.1) is 6.54 Å². The largest absolute Gasteiger partial charge is 0.480 e. The maximum absolute atomic E-state index is 12.4. The first-order valence-electron chi connectivity index (χ1n) is 10.3. The third-order valence-electron chi connectivity index (χ3n) is 5.22. The maximum Gasteiger partial charge on any atom is 0.407 e. The number of alkyl carbamates (subject to hydrolysis) is 1. The molecule has 2 aromatic carbocycles. The summed E-state index contributed by atoms with van der Waals surface area (Å²) >= 11 is 0. The molecule has 168 valence electrons. The molecule has 3 rings (SSSR count). The molecular weight excluding hydrogens is 414 g/mol. The number of nitrogens with one attached hydrogen (secondary N) is 3. The number of amides is 3. The lowest BCUT2D eigenvalue weighted by Gasteiger charge is -2.18. The molecule has 3 amide bonds. The third kappa shape index (κ3) is 5.42. The molecule has 9 heteroatoms. The molecule has 0 fully saturated rings. The Morgan fingerprint density at radius 3 is 2.09 bits per heavy atom. The van der Waals surface area contributed by atoms with Crippen molar-refractivity contribution in [2.75, 3.05) is 19.7 Å². The van der Waals surface area contributed by atoms with Gasteiger partial charge in [-0.25, -0.2) is 4.79 Å². The van der Waals surface area contributed by atoms with Crippen molar-refractivity contribution in [2.24, 2.45) is 0 Å². The van der Waals surface area contributed by atoms with Crippen molar-refractivity contribution in [1.29, 1.82) is 0 Å². The van der Waals surface area contributed by atoms with Gasteiger partial charge in [0, 0.05) is 5.92 Å². The van der Waals surface area contributed by atoms with Crippen LogP contribution in [0.2, 0.25) is 0 Å². The topological polar surface area (TPSA) is 134 Å². The first-order valence-corrected chi connectivity index (χ1v) is 10.3. The van der Waals surface area contributed by atoms with Gasteiger partial charge < -0.3 is 25.8 Å². The van der Waals surface area contributed by atoms with Crippen LogP contribution in [0, 0.1) is 0 Å². The summed E-state index contributed by atoms with van der Waals surface area (Å²) in [5.74, 6) is -2.49. The second-order valence-electron chi connectivity index (χ2n) is 7.32. The molecule has 0 saturated heterocycles. The van der Waals surface area contributed by atoms with E-state index in [2.05, 4.69) is 16.0 Å². The molecule has 2 aromatic rings. The number of carbonyl (C=O) groups excluding carboxylic acids is 3. The maximum atomic E-state index is 12.4. The zero-order chi connectivity index (χ0) is 23.1. The van der Waals surface area contributed by atoms with E-state index in [1.165, 1.54) is 0 Å². The van der Waals surface area contributed by atoms with E-state index in [9.17, 15) is 19.2 Å². The molecule has 0 bridgehead atoms. The van der Waals surface area contributed by atoms with Crippen molar-refractivity contribution < 1.29 is 29.0 Å². The smallest absolute Gasteiger partial charge is 0.407 e. The van der Waals surface area contributed by atoms with E-state index in [4.69, 9.17) is 9.84 Å². The van der Waals surface area contributed by atoms with Gasteiger partial charge in [0.2, 0.25) is 11.8 Å². The van der Waals surface area contributed by atoms with Crippen LogP contribution in [-0.4, -0.2) is 54.7 Å². The lowest BCUT2D eigenvalue weighted by atomic mass is 9.98. The van der Waals surface area contributed by atoms with Gasteiger partial charge in [0.15, 0.2) is 0 Å². The summed E-state index contributed by atoms with van der Waals surface area (Å²) in [6.07, 6.45) is -0.448. The van der Waals surface area contributed by atoms with Crippen molar-refractivity contribution in [2.45, 2.75) is 25.3 Å². The molecule has 9 nitrogen and oxygen atoms in total. The predicted octanol–water partition coefficient (Wildman–Crippen LogP) is 1.62. The minimum absolute atomic E-state index is 0.0972. The van der Waals surface area contributed by atoms with Crippen LogP contribution in [0.5, 0.6) is 0 Å². The lowest BCUT2D eigenvalue weighted by Crippen LogP contribution is -2.49. The second kappa shape index (κ2) is 10.4. The van der Waals surface area contributed by atoms with Gasteiger partial charge in [0.25, 0.3) is 0 Å². The average molecular weight is 439 g/mol. The van der Waals surface area contributed by atoms with Crippen LogP contribution in [0.3, 0.4) is 0 Å². The summed E-state index contributed by atoms with van der Waals surface area (Å²) in [6, 6.07) is 15.0. The molecule has 0 spiro atoms. The number of fused-ring (bicyclic) bond motifs is 3. The number of hydrogen-bond acceptors (Lipinski definition) is 5. The number of aliphatic carboxylic acids is 1. The zero-order valence-corrected chi connectivity index (χ0v) is 17.6. The molecule has 0 saturated carbocycles. The average Bonchev–Trinajstić information content (AvgIpc) is 3.12. The van der Waals surface area contributed by atoms with Crippen molar-refractivity contribution in [1.82, 2.24) is 16.0 Å². The zero-order valence-electron chi connectivity index (χ0n) is 17.6. The van der Waals surface area contributed by atoms with E-state index < -0.39 is 43.0 Å². The van der Waals surface area contributed by atoms with Crippen LogP contribution in [0.25, 0.3) is 11.1 Å². The van der Waals surface area contributed by atoms with Crippen molar-refractivity contribution >= 4 is 23.9 Å².